The lowest BCUT2D eigenvalue weighted by atomic mass is 10.1. The maximum atomic E-state index is 12.2. The Labute approximate surface area is 142 Å². The summed E-state index contributed by atoms with van der Waals surface area (Å²) in [5.74, 6) is -0.148. The molecule has 1 aromatic rings. The van der Waals surface area contributed by atoms with E-state index in [0.29, 0.717) is 19.7 Å². The lowest BCUT2D eigenvalue weighted by molar-refractivity contribution is -0.132. The molecule has 1 aromatic carbocycles. The number of morpholine rings is 1. The molecule has 2 unspecified atom stereocenters. The van der Waals surface area contributed by atoms with E-state index in [1.807, 2.05) is 32.0 Å². The molecule has 2 atom stereocenters. The highest BCUT2D eigenvalue weighted by molar-refractivity contribution is 5.95. The Morgan fingerprint density at radius 3 is 2.83 bits per heavy atom. The SMILES string of the molecule is Cc1ccc(N2CC(CNC(=O)C3CCCO3)OCC2=O)cc1C. The molecule has 0 radical (unpaired) electrons. The summed E-state index contributed by atoms with van der Waals surface area (Å²) >= 11 is 0. The zero-order valence-electron chi connectivity index (χ0n) is 14.2. The predicted molar refractivity (Wildman–Crippen MR) is 90.0 cm³/mol. The molecule has 2 aliphatic heterocycles. The number of amides is 2. The highest BCUT2D eigenvalue weighted by Crippen LogP contribution is 2.22. The van der Waals surface area contributed by atoms with Gasteiger partial charge in [0.2, 0.25) is 5.91 Å². The van der Waals surface area contributed by atoms with Gasteiger partial charge in [0.1, 0.15) is 12.7 Å². The first-order valence-electron chi connectivity index (χ1n) is 8.43. The second kappa shape index (κ2) is 7.32. The van der Waals surface area contributed by atoms with Crippen molar-refractivity contribution in [3.05, 3.63) is 29.3 Å². The van der Waals surface area contributed by atoms with Gasteiger partial charge in [-0.1, -0.05) is 6.07 Å². The normalized spacial score (nSPS) is 24.2. The average molecular weight is 332 g/mol. The van der Waals surface area contributed by atoms with E-state index in [1.165, 1.54) is 5.56 Å². The van der Waals surface area contributed by atoms with Gasteiger partial charge in [-0.2, -0.15) is 0 Å². The highest BCUT2D eigenvalue weighted by atomic mass is 16.5. The molecule has 0 saturated carbocycles. The van der Waals surface area contributed by atoms with Crippen LogP contribution in [0, 0.1) is 13.8 Å². The largest absolute Gasteiger partial charge is 0.368 e. The van der Waals surface area contributed by atoms with Crippen molar-refractivity contribution >= 4 is 17.5 Å². The minimum Gasteiger partial charge on any atom is -0.368 e. The molecule has 2 saturated heterocycles. The van der Waals surface area contributed by atoms with Gasteiger partial charge in [-0.05, 0) is 49.9 Å². The van der Waals surface area contributed by atoms with Crippen LogP contribution < -0.4 is 10.2 Å². The molecule has 2 fully saturated rings. The minimum atomic E-state index is -0.342. The third-order valence-corrected chi connectivity index (χ3v) is 4.66. The van der Waals surface area contributed by atoms with Gasteiger partial charge in [-0.3, -0.25) is 9.59 Å². The smallest absolute Gasteiger partial charge is 0.253 e. The van der Waals surface area contributed by atoms with E-state index in [-0.39, 0.29) is 30.6 Å². The number of nitrogens with one attached hydrogen (secondary N) is 1. The van der Waals surface area contributed by atoms with Crippen LogP contribution >= 0.6 is 0 Å². The van der Waals surface area contributed by atoms with Gasteiger partial charge >= 0.3 is 0 Å². The second-order valence-electron chi connectivity index (χ2n) is 6.45. The number of hydrogen-bond donors (Lipinski definition) is 1. The van der Waals surface area contributed by atoms with Crippen molar-refractivity contribution in [1.82, 2.24) is 5.32 Å². The Morgan fingerprint density at radius 1 is 1.29 bits per heavy atom. The Balaban J connectivity index is 1.59. The van der Waals surface area contributed by atoms with E-state index in [0.717, 1.165) is 24.1 Å². The molecule has 2 amide bonds. The molecule has 6 heteroatoms. The highest BCUT2D eigenvalue weighted by Gasteiger charge is 2.29. The zero-order chi connectivity index (χ0) is 17.1. The first-order chi connectivity index (χ1) is 11.5. The molecule has 1 N–H and O–H groups in total. The van der Waals surface area contributed by atoms with Gasteiger partial charge in [0.15, 0.2) is 0 Å². The van der Waals surface area contributed by atoms with Crippen LogP contribution in [-0.4, -0.2) is 50.3 Å². The van der Waals surface area contributed by atoms with Crippen molar-refractivity contribution in [3.63, 3.8) is 0 Å². The summed E-state index contributed by atoms with van der Waals surface area (Å²) in [6.07, 6.45) is 1.14. The fourth-order valence-electron chi connectivity index (χ4n) is 3.00. The number of anilines is 1. The van der Waals surface area contributed by atoms with Crippen LogP contribution in [0.3, 0.4) is 0 Å². The summed E-state index contributed by atoms with van der Waals surface area (Å²) < 4.78 is 10.9. The second-order valence-corrected chi connectivity index (χ2v) is 6.45. The standard InChI is InChI=1S/C18H24N2O4/c1-12-5-6-14(8-13(12)2)20-10-15(24-11-17(20)21)9-19-18(22)16-4-3-7-23-16/h5-6,8,15-16H,3-4,7,9-11H2,1-2H3,(H,19,22). The van der Waals surface area contributed by atoms with Crippen LogP contribution in [-0.2, 0) is 19.1 Å². The fourth-order valence-corrected chi connectivity index (χ4v) is 3.00. The van der Waals surface area contributed by atoms with E-state index < -0.39 is 0 Å². The Kier molecular flexibility index (Phi) is 5.16. The van der Waals surface area contributed by atoms with E-state index in [2.05, 4.69) is 5.32 Å². The van der Waals surface area contributed by atoms with E-state index in [1.54, 1.807) is 4.90 Å². The molecule has 0 aliphatic carbocycles. The van der Waals surface area contributed by atoms with Crippen LogP contribution in [0.5, 0.6) is 0 Å². The van der Waals surface area contributed by atoms with E-state index >= 15 is 0 Å². The van der Waals surface area contributed by atoms with Crippen molar-refractivity contribution in [3.8, 4) is 0 Å². The maximum absolute atomic E-state index is 12.2. The third kappa shape index (κ3) is 3.76. The molecule has 2 heterocycles. The average Bonchev–Trinajstić information content (AvgIpc) is 3.11. The van der Waals surface area contributed by atoms with Gasteiger partial charge < -0.3 is 19.7 Å². The number of ether oxygens (including phenoxy) is 2. The van der Waals surface area contributed by atoms with Crippen LogP contribution in [0.25, 0.3) is 0 Å². The Bertz CT molecular complexity index is 625. The van der Waals surface area contributed by atoms with Crippen molar-refractivity contribution < 1.29 is 19.1 Å². The number of hydrogen-bond acceptors (Lipinski definition) is 4. The first-order valence-corrected chi connectivity index (χ1v) is 8.43. The number of carbonyl (C=O) groups is 2. The minimum absolute atomic E-state index is 0.0351. The zero-order valence-corrected chi connectivity index (χ0v) is 14.2. The summed E-state index contributed by atoms with van der Waals surface area (Å²) in [6, 6.07) is 5.98. The maximum Gasteiger partial charge on any atom is 0.253 e. The first kappa shape index (κ1) is 16.9. The Morgan fingerprint density at radius 2 is 2.12 bits per heavy atom. The Hall–Kier alpha value is -1.92. The lowest BCUT2D eigenvalue weighted by Crippen LogP contribution is -2.51. The number of nitrogens with zero attached hydrogens (tertiary/aromatic N) is 1. The quantitative estimate of drug-likeness (QED) is 0.903. The van der Waals surface area contributed by atoms with Crippen molar-refractivity contribution in [2.45, 2.75) is 38.9 Å². The van der Waals surface area contributed by atoms with Crippen molar-refractivity contribution in [1.29, 1.82) is 0 Å². The number of benzene rings is 1. The van der Waals surface area contributed by atoms with Crippen molar-refractivity contribution in [2.24, 2.45) is 0 Å². The van der Waals surface area contributed by atoms with Gasteiger partial charge in [-0.25, -0.2) is 0 Å². The molecule has 0 bridgehead atoms. The van der Waals surface area contributed by atoms with Crippen LogP contribution in [0.2, 0.25) is 0 Å². The molecule has 24 heavy (non-hydrogen) atoms. The third-order valence-electron chi connectivity index (χ3n) is 4.66. The summed E-state index contributed by atoms with van der Waals surface area (Å²) in [5, 5.41) is 2.87. The summed E-state index contributed by atoms with van der Waals surface area (Å²) in [6.45, 7) is 5.58. The van der Waals surface area contributed by atoms with Gasteiger partial charge in [0, 0.05) is 18.8 Å². The number of aryl methyl sites for hydroxylation is 2. The van der Waals surface area contributed by atoms with Crippen LogP contribution in [0.1, 0.15) is 24.0 Å². The van der Waals surface area contributed by atoms with Gasteiger partial charge in [0.05, 0.1) is 12.6 Å². The van der Waals surface area contributed by atoms with Gasteiger partial charge in [0.25, 0.3) is 5.91 Å². The molecule has 3 rings (SSSR count). The monoisotopic (exact) mass is 332 g/mol. The molecule has 2 aliphatic rings. The molecule has 130 valence electrons. The molecular formula is C18H24N2O4. The predicted octanol–water partition coefficient (Wildman–Crippen LogP) is 1.33. The van der Waals surface area contributed by atoms with Crippen LogP contribution in [0.4, 0.5) is 5.69 Å². The molecule has 0 aromatic heterocycles. The topological polar surface area (TPSA) is 67.9 Å². The van der Waals surface area contributed by atoms with Crippen molar-refractivity contribution in [2.75, 3.05) is 31.2 Å². The lowest BCUT2D eigenvalue weighted by Gasteiger charge is -2.33. The summed E-state index contributed by atoms with van der Waals surface area (Å²) in [5.41, 5.74) is 3.22. The number of carbonyl (C=O) groups excluding carboxylic acids is 2. The fraction of sp³-hybridized carbons (Fsp3) is 0.556. The molecular weight excluding hydrogens is 308 g/mol. The summed E-state index contributed by atoms with van der Waals surface area (Å²) in [7, 11) is 0. The van der Waals surface area contributed by atoms with Gasteiger partial charge in [-0.15, -0.1) is 0 Å². The molecule has 6 nitrogen and oxygen atoms in total. The number of rotatable bonds is 4. The van der Waals surface area contributed by atoms with E-state index in [4.69, 9.17) is 9.47 Å². The molecule has 0 spiro atoms. The summed E-state index contributed by atoms with van der Waals surface area (Å²) in [4.78, 5) is 25.9. The van der Waals surface area contributed by atoms with Crippen LogP contribution in [0.15, 0.2) is 18.2 Å². The van der Waals surface area contributed by atoms with E-state index in [9.17, 15) is 9.59 Å².